The zero-order valence-corrected chi connectivity index (χ0v) is 15.4. The highest BCUT2D eigenvalue weighted by molar-refractivity contribution is 7.13. The second-order valence-corrected chi connectivity index (χ2v) is 6.24. The van der Waals surface area contributed by atoms with Crippen molar-refractivity contribution < 1.29 is 19.0 Å². The zero-order chi connectivity index (χ0) is 18.4. The lowest BCUT2D eigenvalue weighted by Crippen LogP contribution is -2.05. The van der Waals surface area contributed by atoms with Gasteiger partial charge in [0, 0.05) is 5.38 Å². The number of ether oxygens (including phenoxy) is 3. The SMILES string of the molecule is CCOc1ccc(C(=O)OCc2csc(-c3ccccc3OC)n2)cc1. The van der Waals surface area contributed by atoms with Crippen molar-refractivity contribution in [2.24, 2.45) is 0 Å². The van der Waals surface area contributed by atoms with Gasteiger partial charge < -0.3 is 14.2 Å². The monoisotopic (exact) mass is 369 g/mol. The first kappa shape index (κ1) is 17.9. The second-order valence-electron chi connectivity index (χ2n) is 5.38. The van der Waals surface area contributed by atoms with Crippen molar-refractivity contribution >= 4 is 17.3 Å². The molecule has 0 N–H and O–H groups in total. The molecule has 0 aliphatic heterocycles. The fourth-order valence-electron chi connectivity index (χ4n) is 2.40. The quantitative estimate of drug-likeness (QED) is 0.571. The van der Waals surface area contributed by atoms with E-state index in [9.17, 15) is 4.79 Å². The fraction of sp³-hybridized carbons (Fsp3) is 0.200. The van der Waals surface area contributed by atoms with Crippen molar-refractivity contribution in [2.45, 2.75) is 13.5 Å². The molecule has 0 aliphatic carbocycles. The molecule has 5 nitrogen and oxygen atoms in total. The van der Waals surface area contributed by atoms with Crippen LogP contribution < -0.4 is 9.47 Å². The van der Waals surface area contributed by atoms with E-state index >= 15 is 0 Å². The van der Waals surface area contributed by atoms with Gasteiger partial charge in [-0.25, -0.2) is 9.78 Å². The van der Waals surface area contributed by atoms with Crippen molar-refractivity contribution in [1.82, 2.24) is 4.98 Å². The Morgan fingerprint density at radius 1 is 1.12 bits per heavy atom. The Balaban J connectivity index is 1.63. The number of hydrogen-bond donors (Lipinski definition) is 0. The molecular formula is C20H19NO4S. The van der Waals surface area contributed by atoms with Gasteiger partial charge in [0.2, 0.25) is 0 Å². The van der Waals surface area contributed by atoms with Crippen LogP contribution in [-0.4, -0.2) is 24.7 Å². The summed E-state index contributed by atoms with van der Waals surface area (Å²) in [6.45, 7) is 2.62. The number of methoxy groups -OCH3 is 1. The number of carbonyl (C=O) groups is 1. The third-order valence-electron chi connectivity index (χ3n) is 3.64. The second kappa shape index (κ2) is 8.49. The fourth-order valence-corrected chi connectivity index (χ4v) is 3.23. The molecule has 0 aliphatic rings. The van der Waals surface area contributed by atoms with Crippen LogP contribution in [0.15, 0.2) is 53.9 Å². The maximum absolute atomic E-state index is 12.2. The average molecular weight is 369 g/mol. The molecule has 0 fully saturated rings. The van der Waals surface area contributed by atoms with Crippen molar-refractivity contribution in [1.29, 1.82) is 0 Å². The molecule has 0 saturated carbocycles. The van der Waals surface area contributed by atoms with E-state index in [-0.39, 0.29) is 12.6 Å². The van der Waals surface area contributed by atoms with E-state index < -0.39 is 0 Å². The summed E-state index contributed by atoms with van der Waals surface area (Å²) >= 11 is 1.49. The molecule has 0 atom stereocenters. The van der Waals surface area contributed by atoms with Crippen LogP contribution in [0.5, 0.6) is 11.5 Å². The smallest absolute Gasteiger partial charge is 0.338 e. The highest BCUT2D eigenvalue weighted by Gasteiger charge is 2.12. The molecule has 1 aromatic heterocycles. The summed E-state index contributed by atoms with van der Waals surface area (Å²) in [5, 5.41) is 2.71. The summed E-state index contributed by atoms with van der Waals surface area (Å²) in [7, 11) is 1.63. The van der Waals surface area contributed by atoms with Crippen LogP contribution in [0.1, 0.15) is 23.0 Å². The van der Waals surface area contributed by atoms with Crippen LogP contribution in [-0.2, 0) is 11.3 Å². The Morgan fingerprint density at radius 3 is 2.62 bits per heavy atom. The van der Waals surface area contributed by atoms with Crippen LogP contribution in [0.3, 0.4) is 0 Å². The van der Waals surface area contributed by atoms with E-state index in [1.165, 1.54) is 11.3 Å². The predicted octanol–water partition coefficient (Wildman–Crippen LogP) is 4.57. The molecule has 2 aromatic carbocycles. The standard InChI is InChI=1S/C20H19NO4S/c1-3-24-16-10-8-14(9-11-16)20(22)25-12-15-13-26-19(21-15)17-6-4-5-7-18(17)23-2/h4-11,13H,3,12H2,1-2H3. The van der Waals surface area contributed by atoms with E-state index in [1.54, 1.807) is 31.4 Å². The van der Waals surface area contributed by atoms with Crippen LogP contribution in [0.25, 0.3) is 10.6 Å². The summed E-state index contributed by atoms with van der Waals surface area (Å²) in [6.07, 6.45) is 0. The van der Waals surface area contributed by atoms with Crippen molar-refractivity contribution in [3.05, 3.63) is 65.2 Å². The molecule has 26 heavy (non-hydrogen) atoms. The first-order valence-electron chi connectivity index (χ1n) is 8.19. The molecule has 0 radical (unpaired) electrons. The predicted molar refractivity (Wildman–Crippen MR) is 101 cm³/mol. The van der Waals surface area contributed by atoms with Gasteiger partial charge in [-0.05, 0) is 43.3 Å². The summed E-state index contributed by atoms with van der Waals surface area (Å²) in [5.41, 5.74) is 2.10. The third-order valence-corrected chi connectivity index (χ3v) is 4.57. The molecule has 3 aromatic rings. The third kappa shape index (κ3) is 4.21. The molecule has 6 heteroatoms. The van der Waals surface area contributed by atoms with Gasteiger partial charge >= 0.3 is 5.97 Å². The molecule has 0 unspecified atom stereocenters. The van der Waals surface area contributed by atoms with Crippen LogP contribution in [0, 0.1) is 0 Å². The van der Waals surface area contributed by atoms with Crippen LogP contribution in [0.2, 0.25) is 0 Å². The maximum Gasteiger partial charge on any atom is 0.338 e. The number of rotatable bonds is 7. The summed E-state index contributed by atoms with van der Waals surface area (Å²) in [6, 6.07) is 14.6. The number of thiazole rings is 1. The number of esters is 1. The van der Waals surface area contributed by atoms with Crippen molar-refractivity contribution in [3.8, 4) is 22.1 Å². The first-order chi connectivity index (χ1) is 12.7. The summed E-state index contributed by atoms with van der Waals surface area (Å²) < 4.78 is 16.1. The number of aromatic nitrogens is 1. The van der Waals surface area contributed by atoms with Gasteiger partial charge in [-0.15, -0.1) is 11.3 Å². The topological polar surface area (TPSA) is 57.7 Å². The van der Waals surface area contributed by atoms with E-state index in [1.807, 2.05) is 36.6 Å². The minimum absolute atomic E-state index is 0.123. The normalized spacial score (nSPS) is 10.4. The highest BCUT2D eigenvalue weighted by Crippen LogP contribution is 2.32. The van der Waals surface area contributed by atoms with Crippen LogP contribution >= 0.6 is 11.3 Å². The molecule has 0 bridgehead atoms. The van der Waals surface area contributed by atoms with E-state index in [0.717, 1.165) is 22.1 Å². The largest absolute Gasteiger partial charge is 0.496 e. The van der Waals surface area contributed by atoms with Crippen molar-refractivity contribution in [2.75, 3.05) is 13.7 Å². The zero-order valence-electron chi connectivity index (χ0n) is 14.6. The molecule has 3 rings (SSSR count). The van der Waals surface area contributed by atoms with E-state index in [4.69, 9.17) is 14.2 Å². The number of carbonyl (C=O) groups excluding carboxylic acids is 1. The average Bonchev–Trinajstić information content (AvgIpc) is 3.16. The Bertz CT molecular complexity index is 874. The van der Waals surface area contributed by atoms with Gasteiger partial charge in [-0.2, -0.15) is 0 Å². The van der Waals surface area contributed by atoms with Gasteiger partial charge in [0.05, 0.1) is 30.5 Å². The Labute approximate surface area is 156 Å². The molecule has 134 valence electrons. The lowest BCUT2D eigenvalue weighted by atomic mass is 10.2. The van der Waals surface area contributed by atoms with Crippen LogP contribution in [0.4, 0.5) is 0 Å². The molecule has 0 saturated heterocycles. The minimum Gasteiger partial charge on any atom is -0.496 e. The summed E-state index contributed by atoms with van der Waals surface area (Å²) in [5.74, 6) is 1.10. The Kier molecular flexibility index (Phi) is 5.86. The number of nitrogens with zero attached hydrogens (tertiary/aromatic N) is 1. The highest BCUT2D eigenvalue weighted by atomic mass is 32.1. The minimum atomic E-state index is -0.389. The Hall–Kier alpha value is -2.86. The molecule has 0 amide bonds. The lowest BCUT2D eigenvalue weighted by Gasteiger charge is -2.06. The van der Waals surface area contributed by atoms with Gasteiger partial charge in [0.25, 0.3) is 0 Å². The number of para-hydroxylation sites is 1. The summed E-state index contributed by atoms with van der Waals surface area (Å²) in [4.78, 5) is 16.7. The Morgan fingerprint density at radius 2 is 1.88 bits per heavy atom. The number of hydrogen-bond acceptors (Lipinski definition) is 6. The van der Waals surface area contributed by atoms with E-state index in [0.29, 0.717) is 17.9 Å². The van der Waals surface area contributed by atoms with Gasteiger partial charge in [0.15, 0.2) is 0 Å². The lowest BCUT2D eigenvalue weighted by molar-refractivity contribution is 0.0468. The molecule has 1 heterocycles. The first-order valence-corrected chi connectivity index (χ1v) is 9.07. The van der Waals surface area contributed by atoms with Gasteiger partial charge in [0.1, 0.15) is 23.1 Å². The van der Waals surface area contributed by atoms with Crippen molar-refractivity contribution in [3.63, 3.8) is 0 Å². The van der Waals surface area contributed by atoms with Gasteiger partial charge in [-0.1, -0.05) is 12.1 Å². The molecular weight excluding hydrogens is 350 g/mol. The maximum atomic E-state index is 12.2. The van der Waals surface area contributed by atoms with Gasteiger partial charge in [-0.3, -0.25) is 0 Å². The molecule has 0 spiro atoms. The number of benzene rings is 2. The van der Waals surface area contributed by atoms with E-state index in [2.05, 4.69) is 4.98 Å².